The van der Waals surface area contributed by atoms with Gasteiger partial charge >= 0.3 is 0 Å². The fourth-order valence-electron chi connectivity index (χ4n) is 2.84. The Bertz CT molecular complexity index is 1110. The molecule has 0 atom stereocenters. The topological polar surface area (TPSA) is 66.5 Å². The Labute approximate surface area is 165 Å². The number of hydrogen-bond acceptors (Lipinski definition) is 3. The lowest BCUT2D eigenvalue weighted by Crippen LogP contribution is -2.29. The molecule has 0 saturated carbocycles. The molecule has 3 aromatic rings. The molecule has 28 heavy (non-hydrogen) atoms. The van der Waals surface area contributed by atoms with Crippen LogP contribution in [0.5, 0.6) is 0 Å². The van der Waals surface area contributed by atoms with Crippen LogP contribution < -0.4 is 9.62 Å². The van der Waals surface area contributed by atoms with Gasteiger partial charge in [0, 0.05) is 12.7 Å². The lowest BCUT2D eigenvalue weighted by molar-refractivity contribution is 0.102. The minimum Gasteiger partial charge on any atom is -0.322 e. The van der Waals surface area contributed by atoms with E-state index in [9.17, 15) is 13.2 Å². The highest BCUT2D eigenvalue weighted by molar-refractivity contribution is 7.92. The van der Waals surface area contributed by atoms with E-state index in [-0.39, 0.29) is 16.4 Å². The molecule has 0 saturated heterocycles. The summed E-state index contributed by atoms with van der Waals surface area (Å²) in [6.07, 6.45) is 0. The van der Waals surface area contributed by atoms with Gasteiger partial charge < -0.3 is 5.32 Å². The summed E-state index contributed by atoms with van der Waals surface area (Å²) in [5.41, 5.74) is 3.18. The Morgan fingerprint density at radius 1 is 0.857 bits per heavy atom. The zero-order chi connectivity index (χ0) is 20.3. The van der Waals surface area contributed by atoms with Crippen LogP contribution in [0, 0.1) is 13.8 Å². The molecule has 0 aromatic heterocycles. The molecule has 0 unspecified atom stereocenters. The molecule has 144 valence electrons. The van der Waals surface area contributed by atoms with E-state index in [0.29, 0.717) is 11.4 Å². The van der Waals surface area contributed by atoms with Crippen molar-refractivity contribution >= 4 is 27.3 Å². The molecule has 0 heterocycles. The first kappa shape index (κ1) is 19.6. The van der Waals surface area contributed by atoms with Crippen LogP contribution in [0.2, 0.25) is 0 Å². The molecule has 3 aromatic carbocycles. The molecule has 6 heteroatoms. The molecule has 0 radical (unpaired) electrons. The number of nitrogens with one attached hydrogen (secondary N) is 1. The summed E-state index contributed by atoms with van der Waals surface area (Å²) >= 11 is 0. The third-order valence-electron chi connectivity index (χ3n) is 4.56. The van der Waals surface area contributed by atoms with Gasteiger partial charge in [0.05, 0.1) is 16.1 Å². The van der Waals surface area contributed by atoms with Crippen molar-refractivity contribution in [2.45, 2.75) is 18.7 Å². The number of amides is 1. The van der Waals surface area contributed by atoms with Gasteiger partial charge in [-0.1, -0.05) is 48.0 Å². The average molecular weight is 394 g/mol. The zero-order valence-corrected chi connectivity index (χ0v) is 16.8. The van der Waals surface area contributed by atoms with Gasteiger partial charge in [-0.15, -0.1) is 0 Å². The molecular formula is C22H22N2O3S. The van der Waals surface area contributed by atoms with Gasteiger partial charge in [0.15, 0.2) is 0 Å². The molecule has 0 aliphatic carbocycles. The van der Waals surface area contributed by atoms with Crippen LogP contribution in [-0.4, -0.2) is 21.4 Å². The highest BCUT2D eigenvalue weighted by atomic mass is 32.2. The van der Waals surface area contributed by atoms with Gasteiger partial charge in [0.1, 0.15) is 0 Å². The molecule has 0 spiro atoms. The van der Waals surface area contributed by atoms with Crippen LogP contribution >= 0.6 is 0 Å². The highest BCUT2D eigenvalue weighted by Crippen LogP contribution is 2.27. The Kier molecular flexibility index (Phi) is 5.51. The Morgan fingerprint density at radius 3 is 2.14 bits per heavy atom. The lowest BCUT2D eigenvalue weighted by atomic mass is 10.1. The fourth-order valence-corrected chi connectivity index (χ4v) is 4.06. The van der Waals surface area contributed by atoms with Crippen LogP contribution in [0.25, 0.3) is 0 Å². The van der Waals surface area contributed by atoms with Gasteiger partial charge in [0.25, 0.3) is 15.9 Å². The Hall–Kier alpha value is -3.12. The third-order valence-corrected chi connectivity index (χ3v) is 6.35. The number of hydrogen-bond donors (Lipinski definition) is 1. The van der Waals surface area contributed by atoms with Crippen molar-refractivity contribution in [2.24, 2.45) is 0 Å². The standard InChI is InChI=1S/C22H22N2O3S/c1-16-12-14-18(15-13-16)28(26,27)24(3)21-11-7-5-9-19(21)22(25)23-20-10-6-4-8-17(20)2/h4-15H,1-3H3,(H,23,25). The van der Waals surface area contributed by atoms with Crippen LogP contribution in [0.15, 0.2) is 77.7 Å². The molecule has 0 fully saturated rings. The maximum Gasteiger partial charge on any atom is 0.264 e. The minimum atomic E-state index is -3.79. The fraction of sp³-hybridized carbons (Fsp3) is 0.136. The van der Waals surface area contributed by atoms with Crippen LogP contribution in [0.3, 0.4) is 0 Å². The van der Waals surface area contributed by atoms with E-state index in [0.717, 1.165) is 15.4 Å². The van der Waals surface area contributed by atoms with E-state index in [1.165, 1.54) is 7.05 Å². The summed E-state index contributed by atoms with van der Waals surface area (Å²) in [5, 5.41) is 2.86. The molecule has 1 amide bonds. The summed E-state index contributed by atoms with van der Waals surface area (Å²) in [6, 6.07) is 20.7. The van der Waals surface area contributed by atoms with E-state index in [2.05, 4.69) is 5.32 Å². The van der Waals surface area contributed by atoms with E-state index in [1.807, 2.05) is 38.1 Å². The second-order valence-electron chi connectivity index (χ2n) is 6.57. The average Bonchev–Trinajstić information content (AvgIpc) is 2.69. The molecule has 0 aliphatic heterocycles. The van der Waals surface area contributed by atoms with E-state index in [4.69, 9.17) is 0 Å². The molecular weight excluding hydrogens is 372 g/mol. The quantitative estimate of drug-likeness (QED) is 0.698. The number of nitrogens with zero attached hydrogens (tertiary/aromatic N) is 1. The maximum absolute atomic E-state index is 13.0. The predicted octanol–water partition coefficient (Wildman–Crippen LogP) is 4.38. The molecule has 5 nitrogen and oxygen atoms in total. The number of aryl methyl sites for hydroxylation is 2. The normalized spacial score (nSPS) is 11.1. The number of anilines is 2. The minimum absolute atomic E-state index is 0.176. The van der Waals surface area contributed by atoms with Gasteiger partial charge in [-0.3, -0.25) is 9.10 Å². The first-order valence-electron chi connectivity index (χ1n) is 8.82. The van der Waals surface area contributed by atoms with Crippen molar-refractivity contribution in [3.8, 4) is 0 Å². The number of para-hydroxylation sites is 2. The SMILES string of the molecule is Cc1ccc(S(=O)(=O)N(C)c2ccccc2C(=O)Nc2ccccc2C)cc1. The van der Waals surface area contributed by atoms with Crippen LogP contribution in [0.4, 0.5) is 11.4 Å². The van der Waals surface area contributed by atoms with Crippen molar-refractivity contribution in [3.63, 3.8) is 0 Å². The van der Waals surface area contributed by atoms with Gasteiger partial charge in [-0.05, 0) is 49.7 Å². The molecule has 3 rings (SSSR count). The number of sulfonamides is 1. The Balaban J connectivity index is 1.96. The van der Waals surface area contributed by atoms with Crippen molar-refractivity contribution in [1.29, 1.82) is 0 Å². The van der Waals surface area contributed by atoms with E-state index in [1.54, 1.807) is 48.5 Å². The van der Waals surface area contributed by atoms with E-state index >= 15 is 0 Å². The Morgan fingerprint density at radius 2 is 1.46 bits per heavy atom. The largest absolute Gasteiger partial charge is 0.322 e. The van der Waals surface area contributed by atoms with Gasteiger partial charge in [-0.25, -0.2) is 8.42 Å². The maximum atomic E-state index is 13.0. The zero-order valence-electron chi connectivity index (χ0n) is 16.0. The first-order valence-corrected chi connectivity index (χ1v) is 10.3. The second kappa shape index (κ2) is 7.86. The summed E-state index contributed by atoms with van der Waals surface area (Å²) in [6.45, 7) is 3.79. The van der Waals surface area contributed by atoms with Crippen molar-refractivity contribution in [1.82, 2.24) is 0 Å². The summed E-state index contributed by atoms with van der Waals surface area (Å²) in [7, 11) is -2.34. The predicted molar refractivity (Wildman–Crippen MR) is 112 cm³/mol. The highest BCUT2D eigenvalue weighted by Gasteiger charge is 2.25. The summed E-state index contributed by atoms with van der Waals surface area (Å²) in [5.74, 6) is -0.365. The molecule has 0 aliphatic rings. The number of benzene rings is 3. The number of rotatable bonds is 5. The van der Waals surface area contributed by atoms with Crippen molar-refractivity contribution < 1.29 is 13.2 Å². The van der Waals surface area contributed by atoms with Crippen molar-refractivity contribution in [2.75, 3.05) is 16.7 Å². The second-order valence-corrected chi connectivity index (χ2v) is 8.54. The van der Waals surface area contributed by atoms with Crippen molar-refractivity contribution in [3.05, 3.63) is 89.5 Å². The summed E-state index contributed by atoms with van der Waals surface area (Å²) in [4.78, 5) is 13.0. The lowest BCUT2D eigenvalue weighted by Gasteiger charge is -2.22. The van der Waals surface area contributed by atoms with E-state index < -0.39 is 10.0 Å². The third kappa shape index (κ3) is 3.92. The number of carbonyl (C=O) groups excluding carboxylic acids is 1. The summed E-state index contributed by atoms with van der Waals surface area (Å²) < 4.78 is 27.2. The first-order chi connectivity index (χ1) is 13.3. The molecule has 1 N–H and O–H groups in total. The monoisotopic (exact) mass is 394 g/mol. The van der Waals surface area contributed by atoms with Crippen LogP contribution in [-0.2, 0) is 10.0 Å². The van der Waals surface area contributed by atoms with Gasteiger partial charge in [-0.2, -0.15) is 0 Å². The molecule has 0 bridgehead atoms. The van der Waals surface area contributed by atoms with Gasteiger partial charge in [0.2, 0.25) is 0 Å². The smallest absolute Gasteiger partial charge is 0.264 e. The van der Waals surface area contributed by atoms with Crippen LogP contribution in [0.1, 0.15) is 21.5 Å². The number of carbonyl (C=O) groups is 1.